The minimum atomic E-state index is -4.26. The molecule has 90 valence electrons. The minimum absolute atomic E-state index is 0.226. The van der Waals surface area contributed by atoms with Gasteiger partial charge in [0.1, 0.15) is 14.4 Å². The van der Waals surface area contributed by atoms with Gasteiger partial charge in [0.2, 0.25) is 0 Å². The van der Waals surface area contributed by atoms with Crippen LogP contribution in [0, 0.1) is 5.82 Å². The maximum absolute atomic E-state index is 12.7. The minimum Gasteiger partial charge on any atom is -0.281 e. The monoisotopic (exact) mass is 292 g/mol. The molecule has 0 unspecified atom stereocenters. The summed E-state index contributed by atoms with van der Waals surface area (Å²) in [6.45, 7) is 0. The summed E-state index contributed by atoms with van der Waals surface area (Å²) in [5, 5.41) is 0. The fourth-order valence-electron chi connectivity index (χ4n) is 1.30. The molecule has 0 atom stereocenters. The van der Waals surface area contributed by atoms with Gasteiger partial charge in [-0.1, -0.05) is 23.7 Å². The highest BCUT2D eigenvalue weighted by Gasteiger charge is 2.17. The maximum atomic E-state index is 12.7. The van der Waals surface area contributed by atoms with Crippen molar-refractivity contribution in [1.82, 2.24) is 0 Å². The molecule has 7 heteroatoms. The molecule has 0 amide bonds. The van der Waals surface area contributed by atoms with Gasteiger partial charge in [0, 0.05) is 5.56 Å². The third kappa shape index (κ3) is 2.66. The second-order valence-electron chi connectivity index (χ2n) is 3.23. The van der Waals surface area contributed by atoms with Crippen molar-refractivity contribution in [3.05, 3.63) is 40.5 Å². The molecule has 0 aliphatic heterocycles. The van der Waals surface area contributed by atoms with Crippen LogP contribution in [0.1, 0.15) is 0 Å². The number of hydrogen-bond acceptors (Lipinski definition) is 3. The predicted octanol–water partition coefficient (Wildman–Crippen LogP) is 3.45. The van der Waals surface area contributed by atoms with Crippen LogP contribution < -0.4 is 0 Å². The van der Waals surface area contributed by atoms with Crippen LogP contribution in [0.3, 0.4) is 0 Å². The molecular weight excluding hydrogens is 287 g/mol. The second-order valence-corrected chi connectivity index (χ2v) is 6.54. The first-order chi connectivity index (χ1) is 7.88. The van der Waals surface area contributed by atoms with E-state index in [1.165, 1.54) is 30.3 Å². The number of benzene rings is 1. The molecule has 2 aromatic rings. The van der Waals surface area contributed by atoms with Crippen molar-refractivity contribution in [2.24, 2.45) is 0 Å². The Morgan fingerprint density at radius 3 is 2.29 bits per heavy atom. The first-order valence-corrected chi connectivity index (χ1v) is 7.04. The van der Waals surface area contributed by atoms with Gasteiger partial charge in [0.05, 0.1) is 0 Å². The molecule has 1 N–H and O–H groups in total. The molecule has 17 heavy (non-hydrogen) atoms. The van der Waals surface area contributed by atoms with E-state index in [1.54, 1.807) is 0 Å². The van der Waals surface area contributed by atoms with Crippen molar-refractivity contribution in [1.29, 1.82) is 0 Å². The molecule has 3 nitrogen and oxygen atoms in total. The highest BCUT2D eigenvalue weighted by molar-refractivity contribution is 7.88. The van der Waals surface area contributed by atoms with Gasteiger partial charge in [0.25, 0.3) is 0 Å². The van der Waals surface area contributed by atoms with Crippen molar-refractivity contribution in [2.75, 3.05) is 0 Å². The largest absolute Gasteiger partial charge is 0.304 e. The lowest BCUT2D eigenvalue weighted by Crippen LogP contribution is -1.93. The smallest absolute Gasteiger partial charge is 0.281 e. The van der Waals surface area contributed by atoms with E-state index in [9.17, 15) is 12.8 Å². The summed E-state index contributed by atoms with van der Waals surface area (Å²) in [6, 6.07) is 6.72. The first kappa shape index (κ1) is 12.5. The van der Waals surface area contributed by atoms with E-state index in [2.05, 4.69) is 0 Å². The van der Waals surface area contributed by atoms with Crippen LogP contribution in [-0.2, 0) is 10.1 Å². The first-order valence-electron chi connectivity index (χ1n) is 4.40. The molecule has 0 saturated carbocycles. The van der Waals surface area contributed by atoms with Gasteiger partial charge < -0.3 is 0 Å². The third-order valence-corrected chi connectivity index (χ3v) is 4.74. The fourth-order valence-corrected chi connectivity index (χ4v) is 3.43. The van der Waals surface area contributed by atoms with E-state index >= 15 is 0 Å². The van der Waals surface area contributed by atoms with Gasteiger partial charge in [-0.2, -0.15) is 8.42 Å². The van der Waals surface area contributed by atoms with Crippen molar-refractivity contribution < 1.29 is 17.4 Å². The lowest BCUT2D eigenvalue weighted by Gasteiger charge is -1.97. The van der Waals surface area contributed by atoms with Crippen LogP contribution in [-0.4, -0.2) is 13.0 Å². The van der Waals surface area contributed by atoms with Crippen LogP contribution in [0.2, 0.25) is 4.34 Å². The molecule has 0 aliphatic rings. The quantitative estimate of drug-likeness (QED) is 0.863. The normalized spacial score (nSPS) is 11.7. The summed E-state index contributed by atoms with van der Waals surface area (Å²) in [6.07, 6.45) is 0. The van der Waals surface area contributed by atoms with Crippen molar-refractivity contribution in [2.45, 2.75) is 4.21 Å². The Hall–Kier alpha value is -0.950. The standard InChI is InChI=1S/C10H6ClFO3S2/c11-10-8(5-9(16-10)17(13,14)15)6-1-3-7(12)4-2-6/h1-5H,(H,13,14,15). The zero-order valence-corrected chi connectivity index (χ0v) is 10.6. The topological polar surface area (TPSA) is 54.4 Å². The van der Waals surface area contributed by atoms with E-state index < -0.39 is 15.9 Å². The average molecular weight is 293 g/mol. The summed E-state index contributed by atoms with van der Waals surface area (Å²) < 4.78 is 43.5. The van der Waals surface area contributed by atoms with Crippen LogP contribution in [0.15, 0.2) is 34.5 Å². The third-order valence-electron chi connectivity index (χ3n) is 2.07. The van der Waals surface area contributed by atoms with E-state index in [4.69, 9.17) is 16.2 Å². The Morgan fingerprint density at radius 2 is 1.82 bits per heavy atom. The highest BCUT2D eigenvalue weighted by atomic mass is 35.5. The molecule has 2 rings (SSSR count). The highest BCUT2D eigenvalue weighted by Crippen LogP contribution is 2.37. The molecule has 1 heterocycles. The Bertz CT molecular complexity index is 647. The maximum Gasteiger partial charge on any atom is 0.304 e. The molecule has 0 bridgehead atoms. The number of rotatable bonds is 2. The van der Waals surface area contributed by atoms with Crippen molar-refractivity contribution in [3.8, 4) is 11.1 Å². The zero-order chi connectivity index (χ0) is 12.6. The van der Waals surface area contributed by atoms with Gasteiger partial charge in [0.15, 0.2) is 0 Å². The van der Waals surface area contributed by atoms with Gasteiger partial charge in [-0.05, 0) is 23.8 Å². The summed E-state index contributed by atoms with van der Waals surface area (Å²) in [4.78, 5) is 0. The van der Waals surface area contributed by atoms with Crippen LogP contribution in [0.5, 0.6) is 0 Å². The SMILES string of the molecule is O=S(=O)(O)c1cc(-c2ccc(F)cc2)c(Cl)s1. The van der Waals surface area contributed by atoms with E-state index in [0.29, 0.717) is 11.1 Å². The molecular formula is C10H6ClFO3S2. The number of hydrogen-bond donors (Lipinski definition) is 1. The van der Waals surface area contributed by atoms with Crippen LogP contribution >= 0.6 is 22.9 Å². The van der Waals surface area contributed by atoms with Crippen molar-refractivity contribution >= 4 is 33.1 Å². The van der Waals surface area contributed by atoms with Crippen LogP contribution in [0.25, 0.3) is 11.1 Å². The average Bonchev–Trinajstić information content (AvgIpc) is 2.61. The fraction of sp³-hybridized carbons (Fsp3) is 0. The zero-order valence-electron chi connectivity index (χ0n) is 8.22. The number of thiophene rings is 1. The van der Waals surface area contributed by atoms with Gasteiger partial charge in [-0.15, -0.1) is 11.3 Å². The lowest BCUT2D eigenvalue weighted by atomic mass is 10.1. The molecule has 0 radical (unpaired) electrons. The summed E-state index contributed by atoms with van der Waals surface area (Å²) in [7, 11) is -4.26. The Balaban J connectivity index is 2.54. The second kappa shape index (κ2) is 4.38. The van der Waals surface area contributed by atoms with Gasteiger partial charge in [-0.3, -0.25) is 4.55 Å². The molecule has 0 aliphatic carbocycles. The molecule has 0 saturated heterocycles. The van der Waals surface area contributed by atoms with Gasteiger partial charge in [-0.25, -0.2) is 4.39 Å². The number of halogens is 2. The van der Waals surface area contributed by atoms with E-state index in [1.807, 2.05) is 0 Å². The summed E-state index contributed by atoms with van der Waals surface area (Å²) in [5.74, 6) is -0.393. The van der Waals surface area contributed by atoms with Gasteiger partial charge >= 0.3 is 10.1 Å². The molecule has 1 aromatic carbocycles. The summed E-state index contributed by atoms with van der Waals surface area (Å²) in [5.41, 5.74) is 1.03. The van der Waals surface area contributed by atoms with Crippen LogP contribution in [0.4, 0.5) is 4.39 Å². The molecule has 0 fully saturated rings. The molecule has 1 aromatic heterocycles. The van der Waals surface area contributed by atoms with E-state index in [0.717, 1.165) is 11.3 Å². The predicted molar refractivity (Wildman–Crippen MR) is 64.5 cm³/mol. The lowest BCUT2D eigenvalue weighted by molar-refractivity contribution is 0.485. The summed E-state index contributed by atoms with van der Waals surface area (Å²) >= 11 is 6.63. The Morgan fingerprint density at radius 1 is 1.24 bits per heavy atom. The van der Waals surface area contributed by atoms with Crippen molar-refractivity contribution in [3.63, 3.8) is 0 Å². The van der Waals surface area contributed by atoms with E-state index in [-0.39, 0.29) is 8.55 Å². The Kier molecular flexibility index (Phi) is 3.22. The molecule has 0 spiro atoms. The Labute approximate surface area is 106 Å².